The van der Waals surface area contributed by atoms with Crippen molar-refractivity contribution in [3.8, 4) is 6.07 Å². The molecule has 0 spiro atoms. The second-order valence-corrected chi connectivity index (χ2v) is 5.81. The maximum Gasteiger partial charge on any atom is 0.255 e. The normalized spacial score (nSPS) is 14.0. The lowest BCUT2D eigenvalue weighted by molar-refractivity contribution is 0.102. The summed E-state index contributed by atoms with van der Waals surface area (Å²) in [6.45, 7) is 6.56. The molecule has 0 bridgehead atoms. The number of carbonyl (C=O) groups is 1. The van der Waals surface area contributed by atoms with Crippen molar-refractivity contribution in [2.24, 2.45) is 0 Å². The van der Waals surface area contributed by atoms with Gasteiger partial charge in [-0.3, -0.25) is 4.79 Å². The van der Waals surface area contributed by atoms with Gasteiger partial charge in [0.05, 0.1) is 41.9 Å². The zero-order valence-corrected chi connectivity index (χ0v) is 14.2. The van der Waals surface area contributed by atoms with Crippen molar-refractivity contribution in [3.63, 3.8) is 0 Å². The largest absolute Gasteiger partial charge is 0.378 e. The van der Waals surface area contributed by atoms with Crippen molar-refractivity contribution < 1.29 is 9.53 Å². The third-order valence-electron chi connectivity index (χ3n) is 4.07. The summed E-state index contributed by atoms with van der Waals surface area (Å²) >= 11 is 0. The lowest BCUT2D eigenvalue weighted by Gasteiger charge is -2.27. The summed E-state index contributed by atoms with van der Waals surface area (Å²) in [5.41, 5.74) is 3.05. The molecule has 1 saturated heterocycles. The molecule has 25 heavy (non-hydrogen) atoms. The van der Waals surface area contributed by atoms with E-state index in [1.807, 2.05) is 19.9 Å². The van der Waals surface area contributed by atoms with E-state index in [1.165, 1.54) is 0 Å². The Bertz CT molecular complexity index is 797. The molecule has 1 amide bonds. The van der Waals surface area contributed by atoms with Crippen molar-refractivity contribution in [1.29, 1.82) is 5.26 Å². The smallest absolute Gasteiger partial charge is 0.255 e. The molecule has 3 rings (SSSR count). The minimum atomic E-state index is -0.251. The number of carbonyl (C=O) groups excluding carboxylic acids is 1. The predicted molar refractivity (Wildman–Crippen MR) is 93.6 cm³/mol. The second-order valence-electron chi connectivity index (χ2n) is 5.81. The third kappa shape index (κ3) is 3.75. The number of anilines is 2. The zero-order chi connectivity index (χ0) is 17.8. The molecule has 1 N–H and O–H groups in total. The molecule has 1 aromatic heterocycles. The van der Waals surface area contributed by atoms with Crippen molar-refractivity contribution in [1.82, 2.24) is 9.97 Å². The maximum absolute atomic E-state index is 12.4. The van der Waals surface area contributed by atoms with Crippen LogP contribution in [0.3, 0.4) is 0 Å². The first-order valence-electron chi connectivity index (χ1n) is 8.08. The summed E-state index contributed by atoms with van der Waals surface area (Å²) in [6.07, 6.45) is 0. The van der Waals surface area contributed by atoms with Gasteiger partial charge in [-0.15, -0.1) is 0 Å². The first-order valence-corrected chi connectivity index (χ1v) is 8.08. The number of ether oxygens (including phenoxy) is 1. The van der Waals surface area contributed by atoms with Crippen LogP contribution in [0.25, 0.3) is 0 Å². The molecule has 1 aliphatic heterocycles. The number of morpholine rings is 1. The van der Waals surface area contributed by atoms with Crippen molar-refractivity contribution >= 4 is 17.5 Å². The molecular weight excluding hydrogens is 318 g/mol. The van der Waals surface area contributed by atoms with Crippen LogP contribution in [0, 0.1) is 25.2 Å². The Kier molecular flexibility index (Phi) is 4.91. The van der Waals surface area contributed by atoms with Gasteiger partial charge in [0.1, 0.15) is 0 Å². The number of amides is 1. The summed E-state index contributed by atoms with van der Waals surface area (Å²) in [4.78, 5) is 23.6. The lowest BCUT2D eigenvalue weighted by atomic mass is 10.1. The minimum Gasteiger partial charge on any atom is -0.378 e. The standard InChI is InChI=1S/C18H19N5O2/c1-12-16(22-17(24)15-5-3-14(11-19)4-6-15)13(2)21-18(20-12)23-7-9-25-10-8-23/h3-6H,7-10H2,1-2H3,(H,22,24). The summed E-state index contributed by atoms with van der Waals surface area (Å²) in [6, 6.07) is 8.52. The van der Waals surface area contributed by atoms with Gasteiger partial charge in [-0.05, 0) is 38.1 Å². The van der Waals surface area contributed by atoms with E-state index in [9.17, 15) is 4.79 Å². The molecule has 0 saturated carbocycles. The summed E-state index contributed by atoms with van der Waals surface area (Å²) in [7, 11) is 0. The van der Waals surface area contributed by atoms with Crippen LogP contribution in [0.15, 0.2) is 24.3 Å². The molecule has 7 heteroatoms. The molecule has 7 nitrogen and oxygen atoms in total. The van der Waals surface area contributed by atoms with E-state index in [-0.39, 0.29) is 5.91 Å². The number of nitrogens with one attached hydrogen (secondary N) is 1. The molecule has 2 aromatic rings. The molecule has 0 atom stereocenters. The zero-order valence-electron chi connectivity index (χ0n) is 14.2. The minimum absolute atomic E-state index is 0.251. The highest BCUT2D eigenvalue weighted by Gasteiger charge is 2.18. The third-order valence-corrected chi connectivity index (χ3v) is 4.07. The van der Waals surface area contributed by atoms with Gasteiger partial charge < -0.3 is 15.0 Å². The molecule has 1 aliphatic rings. The van der Waals surface area contributed by atoms with Crippen LogP contribution in [0.5, 0.6) is 0 Å². The van der Waals surface area contributed by atoms with E-state index < -0.39 is 0 Å². The van der Waals surface area contributed by atoms with Gasteiger partial charge in [-0.25, -0.2) is 9.97 Å². The maximum atomic E-state index is 12.4. The molecular formula is C18H19N5O2. The Labute approximate surface area is 146 Å². The van der Waals surface area contributed by atoms with Crippen LogP contribution in [-0.2, 0) is 4.74 Å². The van der Waals surface area contributed by atoms with Crippen LogP contribution < -0.4 is 10.2 Å². The van der Waals surface area contributed by atoms with Gasteiger partial charge in [0.25, 0.3) is 5.91 Å². The molecule has 128 valence electrons. The Morgan fingerprint density at radius 2 is 1.76 bits per heavy atom. The number of aryl methyl sites for hydroxylation is 2. The summed E-state index contributed by atoms with van der Waals surface area (Å²) in [5.74, 6) is 0.410. The predicted octanol–water partition coefficient (Wildman–Crippen LogP) is 2.05. The number of benzene rings is 1. The van der Waals surface area contributed by atoms with E-state index in [4.69, 9.17) is 10.00 Å². The van der Waals surface area contributed by atoms with Gasteiger partial charge in [0, 0.05) is 18.7 Å². The van der Waals surface area contributed by atoms with Crippen LogP contribution in [0.2, 0.25) is 0 Å². The van der Waals surface area contributed by atoms with Crippen LogP contribution in [-0.4, -0.2) is 42.2 Å². The Morgan fingerprint density at radius 1 is 1.16 bits per heavy atom. The molecule has 1 aromatic carbocycles. The summed E-state index contributed by atoms with van der Waals surface area (Å²) < 4.78 is 5.35. The SMILES string of the molecule is Cc1nc(N2CCOCC2)nc(C)c1NC(=O)c1ccc(C#N)cc1. The Hall–Kier alpha value is -2.98. The molecule has 0 unspecified atom stereocenters. The van der Waals surface area contributed by atoms with E-state index in [0.717, 1.165) is 24.5 Å². The first-order chi connectivity index (χ1) is 12.1. The fraction of sp³-hybridized carbons (Fsp3) is 0.333. The topological polar surface area (TPSA) is 91.1 Å². The number of rotatable bonds is 3. The highest BCUT2D eigenvalue weighted by atomic mass is 16.5. The highest BCUT2D eigenvalue weighted by molar-refractivity contribution is 6.04. The number of hydrogen-bond acceptors (Lipinski definition) is 6. The fourth-order valence-corrected chi connectivity index (χ4v) is 2.67. The van der Waals surface area contributed by atoms with Gasteiger partial charge >= 0.3 is 0 Å². The fourth-order valence-electron chi connectivity index (χ4n) is 2.67. The van der Waals surface area contributed by atoms with E-state index in [2.05, 4.69) is 20.2 Å². The molecule has 2 heterocycles. The van der Waals surface area contributed by atoms with E-state index in [1.54, 1.807) is 24.3 Å². The van der Waals surface area contributed by atoms with Crippen molar-refractivity contribution in [3.05, 3.63) is 46.8 Å². The number of nitrogens with zero attached hydrogens (tertiary/aromatic N) is 4. The van der Waals surface area contributed by atoms with Gasteiger partial charge in [-0.1, -0.05) is 0 Å². The molecule has 0 radical (unpaired) electrons. The molecule has 1 fully saturated rings. The molecule has 0 aliphatic carbocycles. The monoisotopic (exact) mass is 337 g/mol. The van der Waals surface area contributed by atoms with Gasteiger partial charge in [-0.2, -0.15) is 5.26 Å². The second kappa shape index (κ2) is 7.28. The Balaban J connectivity index is 1.79. The quantitative estimate of drug-likeness (QED) is 0.922. The lowest BCUT2D eigenvalue weighted by Crippen LogP contribution is -2.37. The number of nitriles is 1. The summed E-state index contributed by atoms with van der Waals surface area (Å²) in [5, 5.41) is 11.7. The van der Waals surface area contributed by atoms with Crippen molar-refractivity contribution in [2.75, 3.05) is 36.5 Å². The average Bonchev–Trinajstić information content (AvgIpc) is 2.65. The number of hydrogen-bond donors (Lipinski definition) is 1. The first kappa shape index (κ1) is 16.9. The number of aromatic nitrogens is 2. The van der Waals surface area contributed by atoms with Gasteiger partial charge in [0.2, 0.25) is 5.95 Å². The van der Waals surface area contributed by atoms with Gasteiger partial charge in [0.15, 0.2) is 0 Å². The Morgan fingerprint density at radius 3 is 2.32 bits per heavy atom. The van der Waals surface area contributed by atoms with E-state index >= 15 is 0 Å². The van der Waals surface area contributed by atoms with Crippen LogP contribution >= 0.6 is 0 Å². The average molecular weight is 337 g/mol. The highest BCUT2D eigenvalue weighted by Crippen LogP contribution is 2.22. The van der Waals surface area contributed by atoms with Crippen LogP contribution in [0.4, 0.5) is 11.6 Å². The van der Waals surface area contributed by atoms with Crippen molar-refractivity contribution in [2.45, 2.75) is 13.8 Å². The van der Waals surface area contributed by atoms with E-state index in [0.29, 0.717) is 36.0 Å². The van der Waals surface area contributed by atoms with Crippen LogP contribution in [0.1, 0.15) is 27.3 Å².